The highest BCUT2D eigenvalue weighted by Gasteiger charge is 2.30. The molecule has 1 atom stereocenters. The van der Waals surface area contributed by atoms with E-state index in [9.17, 15) is 18.4 Å². The molecule has 164 valence electrons. The van der Waals surface area contributed by atoms with Crippen LogP contribution in [-0.4, -0.2) is 35.5 Å². The third kappa shape index (κ3) is 4.05. The zero-order valence-electron chi connectivity index (χ0n) is 17.5. The molecule has 5 nitrogen and oxygen atoms in total. The number of fused-ring (bicyclic) bond motifs is 1. The predicted octanol–water partition coefficient (Wildman–Crippen LogP) is 5.59. The normalized spacial score (nSPS) is 15.9. The van der Waals surface area contributed by atoms with Crippen LogP contribution < -0.4 is 10.1 Å². The maximum Gasteiger partial charge on any atom is 0.266 e. The maximum absolute atomic E-state index is 14.7. The van der Waals surface area contributed by atoms with Crippen molar-refractivity contribution in [3.63, 3.8) is 0 Å². The number of aryl methyl sites for hydroxylation is 1. The number of pyridine rings is 1. The monoisotopic (exact) mass is 431 g/mol. The van der Waals surface area contributed by atoms with Crippen molar-refractivity contribution in [2.75, 3.05) is 25.5 Å². The summed E-state index contributed by atoms with van der Waals surface area (Å²) in [6.07, 6.45) is -2.88. The van der Waals surface area contributed by atoms with E-state index in [1.54, 1.807) is 14.0 Å². The Morgan fingerprint density at radius 1 is 1.19 bits per heavy atom. The van der Waals surface area contributed by atoms with E-state index in [0.29, 0.717) is 24.4 Å². The Balaban J connectivity index is 1.75. The minimum atomic E-state index is -2.88. The number of rotatable bonds is 6. The van der Waals surface area contributed by atoms with Crippen molar-refractivity contribution in [3.05, 3.63) is 64.6 Å². The summed E-state index contributed by atoms with van der Waals surface area (Å²) in [7, 11) is 1.59. The molecule has 3 aromatic rings. The number of hydroxylamine groups is 2. The fraction of sp³-hybridized carbons (Fsp3) is 0.348. The molecule has 1 unspecified atom stereocenters. The molecule has 1 aromatic heterocycles. The average Bonchev–Trinajstić information content (AvgIpc) is 2.70. The third-order valence-electron chi connectivity index (χ3n) is 5.72. The number of ether oxygens (including phenoxy) is 1. The Hall–Kier alpha value is -2.84. The quantitative estimate of drug-likeness (QED) is 0.533. The third-order valence-corrected chi connectivity index (χ3v) is 5.72. The molecule has 0 aliphatic carbocycles. The van der Waals surface area contributed by atoms with Crippen LogP contribution in [0, 0.1) is 12.7 Å². The molecule has 2 aromatic carbocycles. The molecule has 0 spiro atoms. The van der Waals surface area contributed by atoms with E-state index in [2.05, 4.69) is 10.3 Å². The van der Waals surface area contributed by atoms with Crippen molar-refractivity contribution >= 4 is 16.6 Å². The van der Waals surface area contributed by atoms with Crippen LogP contribution in [0.2, 0.25) is 0 Å². The van der Waals surface area contributed by atoms with Crippen LogP contribution in [-0.2, 0) is 0 Å². The topological polar surface area (TPSA) is 57.6 Å². The molecule has 1 aliphatic heterocycles. The van der Waals surface area contributed by atoms with Gasteiger partial charge in [-0.15, -0.1) is 0 Å². The summed E-state index contributed by atoms with van der Waals surface area (Å²) in [6, 6.07) is 9.17. The molecule has 2 heterocycles. The Labute approximate surface area is 178 Å². The minimum absolute atomic E-state index is 0.121. The van der Waals surface area contributed by atoms with Gasteiger partial charge in [0.1, 0.15) is 11.6 Å². The van der Waals surface area contributed by atoms with E-state index in [-0.39, 0.29) is 11.5 Å². The molecule has 1 fully saturated rings. The number of alkyl halides is 2. The number of nitrogens with zero attached hydrogens (tertiary/aromatic N) is 2. The van der Waals surface area contributed by atoms with Crippen molar-refractivity contribution < 1.29 is 23.1 Å². The van der Waals surface area contributed by atoms with Gasteiger partial charge in [0, 0.05) is 53.0 Å². The van der Waals surface area contributed by atoms with Crippen molar-refractivity contribution in [2.24, 2.45) is 0 Å². The van der Waals surface area contributed by atoms with Crippen molar-refractivity contribution in [3.8, 4) is 5.75 Å². The lowest BCUT2D eigenvalue weighted by Crippen LogP contribution is -2.42. The number of nitrogens with one attached hydrogen (secondary N) is 1. The standard InChI is InChI=1S/C23H24F3N3O2/c1-12-7-19(28-13(2)15-5-4-6-16(22(15)24)23(25)26)18-8-17(14-10-29(30)11-14)21(31-3)9-20(18)27-12/h4-9,13-14,23,30H,10-11H2,1-3H3,(H,27,28). The van der Waals surface area contributed by atoms with E-state index in [1.807, 2.05) is 25.1 Å². The van der Waals surface area contributed by atoms with Crippen molar-refractivity contribution in [2.45, 2.75) is 32.2 Å². The van der Waals surface area contributed by atoms with Gasteiger partial charge in [0.05, 0.1) is 24.2 Å². The fourth-order valence-electron chi connectivity index (χ4n) is 4.05. The second kappa shape index (κ2) is 8.36. The number of benzene rings is 2. The van der Waals surface area contributed by atoms with Crippen LogP contribution in [0.15, 0.2) is 36.4 Å². The molecular weight excluding hydrogens is 407 g/mol. The summed E-state index contributed by atoms with van der Waals surface area (Å²) in [5.41, 5.74) is 2.70. The number of halogens is 3. The Kier molecular flexibility index (Phi) is 5.77. The van der Waals surface area contributed by atoms with E-state index in [4.69, 9.17) is 4.74 Å². The van der Waals surface area contributed by atoms with Crippen LogP contribution in [0.1, 0.15) is 47.7 Å². The number of anilines is 1. The number of aromatic nitrogens is 1. The largest absolute Gasteiger partial charge is 0.496 e. The molecule has 2 N–H and O–H groups in total. The molecule has 0 amide bonds. The van der Waals surface area contributed by atoms with E-state index < -0.39 is 23.8 Å². The molecule has 8 heteroatoms. The summed E-state index contributed by atoms with van der Waals surface area (Å²) < 4.78 is 46.4. The Morgan fingerprint density at radius 3 is 2.55 bits per heavy atom. The van der Waals surface area contributed by atoms with Gasteiger partial charge in [-0.05, 0) is 26.0 Å². The molecule has 1 saturated heterocycles. The minimum Gasteiger partial charge on any atom is -0.496 e. The molecule has 0 bridgehead atoms. The molecule has 31 heavy (non-hydrogen) atoms. The van der Waals surface area contributed by atoms with Gasteiger partial charge in [-0.1, -0.05) is 18.2 Å². The lowest BCUT2D eigenvalue weighted by Gasteiger charge is -2.35. The van der Waals surface area contributed by atoms with E-state index in [1.165, 1.54) is 17.2 Å². The van der Waals surface area contributed by atoms with E-state index >= 15 is 0 Å². The number of hydrogen-bond donors (Lipinski definition) is 2. The second-order valence-electron chi connectivity index (χ2n) is 7.91. The SMILES string of the molecule is COc1cc2nc(C)cc(NC(C)c3cccc(C(F)F)c3F)c2cc1C1CN(O)C1. The van der Waals surface area contributed by atoms with Gasteiger partial charge in [0.2, 0.25) is 0 Å². The molecule has 1 aliphatic rings. The van der Waals surface area contributed by atoms with Crippen LogP contribution in [0.5, 0.6) is 5.75 Å². The van der Waals surface area contributed by atoms with Gasteiger partial charge < -0.3 is 15.3 Å². The Bertz CT molecular complexity index is 1120. The highest BCUT2D eigenvalue weighted by atomic mass is 19.3. The lowest BCUT2D eigenvalue weighted by molar-refractivity contribution is -0.149. The van der Waals surface area contributed by atoms with E-state index in [0.717, 1.165) is 28.4 Å². The van der Waals surface area contributed by atoms with Crippen LogP contribution in [0.4, 0.5) is 18.9 Å². The van der Waals surface area contributed by atoms with Gasteiger partial charge in [0.15, 0.2) is 0 Å². The highest BCUT2D eigenvalue weighted by Crippen LogP contribution is 2.38. The predicted molar refractivity (Wildman–Crippen MR) is 113 cm³/mol. The van der Waals surface area contributed by atoms with Gasteiger partial charge in [0.25, 0.3) is 6.43 Å². The van der Waals surface area contributed by atoms with Crippen molar-refractivity contribution in [1.29, 1.82) is 0 Å². The smallest absolute Gasteiger partial charge is 0.266 e. The van der Waals surface area contributed by atoms with Crippen LogP contribution in [0.25, 0.3) is 10.9 Å². The average molecular weight is 431 g/mol. The fourth-order valence-corrected chi connectivity index (χ4v) is 4.05. The first kappa shape index (κ1) is 21.4. The first-order chi connectivity index (χ1) is 14.8. The lowest BCUT2D eigenvalue weighted by atomic mass is 9.90. The first-order valence-electron chi connectivity index (χ1n) is 10.0. The second-order valence-corrected chi connectivity index (χ2v) is 7.91. The van der Waals surface area contributed by atoms with Crippen molar-refractivity contribution in [1.82, 2.24) is 10.0 Å². The molecule has 0 saturated carbocycles. The number of hydrogen-bond acceptors (Lipinski definition) is 5. The van der Waals surface area contributed by atoms with Gasteiger partial charge in [-0.3, -0.25) is 4.98 Å². The summed E-state index contributed by atoms with van der Waals surface area (Å²) in [4.78, 5) is 4.59. The van der Waals surface area contributed by atoms with Gasteiger partial charge >= 0.3 is 0 Å². The molecule has 0 radical (unpaired) electrons. The summed E-state index contributed by atoms with van der Waals surface area (Å²) in [5, 5.41) is 14.9. The van der Waals surface area contributed by atoms with Gasteiger partial charge in [-0.2, -0.15) is 5.06 Å². The zero-order chi connectivity index (χ0) is 22.3. The van der Waals surface area contributed by atoms with Crippen LogP contribution >= 0.6 is 0 Å². The zero-order valence-corrected chi connectivity index (χ0v) is 17.5. The summed E-state index contributed by atoms with van der Waals surface area (Å²) >= 11 is 0. The summed E-state index contributed by atoms with van der Waals surface area (Å²) in [6.45, 7) is 4.59. The first-order valence-corrected chi connectivity index (χ1v) is 10.0. The maximum atomic E-state index is 14.7. The van der Waals surface area contributed by atoms with Crippen LogP contribution in [0.3, 0.4) is 0 Å². The Morgan fingerprint density at radius 2 is 1.90 bits per heavy atom. The van der Waals surface area contributed by atoms with Gasteiger partial charge in [-0.25, -0.2) is 13.2 Å². The molecule has 4 rings (SSSR count). The summed E-state index contributed by atoms with van der Waals surface area (Å²) in [5.74, 6) is -0.0816. The molecular formula is C23H24F3N3O2. The number of methoxy groups -OCH3 is 1. The highest BCUT2D eigenvalue weighted by molar-refractivity contribution is 5.93.